The number of H-pyrrole nitrogens is 1. The number of carbonyl (C=O) groups excluding carboxylic acids is 1. The van der Waals surface area contributed by atoms with Crippen LogP contribution in [-0.4, -0.2) is 21.0 Å². The van der Waals surface area contributed by atoms with Gasteiger partial charge in [-0.1, -0.05) is 15.9 Å². The number of hydrogen-bond acceptors (Lipinski definition) is 3. The highest BCUT2D eigenvalue weighted by Gasteiger charge is 2.12. The lowest BCUT2D eigenvalue weighted by atomic mass is 10.3. The fourth-order valence-corrected chi connectivity index (χ4v) is 1.02. The van der Waals surface area contributed by atoms with E-state index < -0.39 is 4.92 Å². The second kappa shape index (κ2) is 3.48. The van der Waals surface area contributed by atoms with Gasteiger partial charge in [-0.25, -0.2) is 0 Å². The van der Waals surface area contributed by atoms with Crippen LogP contribution in [0.2, 0.25) is 0 Å². The van der Waals surface area contributed by atoms with Gasteiger partial charge in [-0.3, -0.25) is 14.9 Å². The van der Waals surface area contributed by atoms with Crippen LogP contribution in [0, 0.1) is 10.1 Å². The van der Waals surface area contributed by atoms with Gasteiger partial charge in [-0.05, 0) is 0 Å². The van der Waals surface area contributed by atoms with Gasteiger partial charge in [0.05, 0.1) is 22.1 Å². The summed E-state index contributed by atoms with van der Waals surface area (Å²) < 4.78 is 0. The number of nitrogens with zero attached hydrogens (tertiary/aromatic N) is 1. The third-order valence-electron chi connectivity index (χ3n) is 1.30. The Hall–Kier alpha value is -1.17. The first-order valence-electron chi connectivity index (χ1n) is 3.07. The van der Waals surface area contributed by atoms with Crippen molar-refractivity contribution in [2.75, 3.05) is 5.33 Å². The highest BCUT2D eigenvalue weighted by atomic mass is 79.9. The summed E-state index contributed by atoms with van der Waals surface area (Å²) in [5.41, 5.74) is 0.151. The van der Waals surface area contributed by atoms with E-state index in [1.54, 1.807) is 0 Å². The van der Waals surface area contributed by atoms with Crippen LogP contribution in [-0.2, 0) is 0 Å². The zero-order valence-corrected chi connectivity index (χ0v) is 7.50. The topological polar surface area (TPSA) is 76.0 Å². The van der Waals surface area contributed by atoms with Crippen molar-refractivity contribution in [3.8, 4) is 0 Å². The van der Waals surface area contributed by atoms with Gasteiger partial charge in [0.2, 0.25) is 0 Å². The van der Waals surface area contributed by atoms with Crippen LogP contribution in [0.25, 0.3) is 0 Å². The molecule has 1 aromatic heterocycles. The first-order valence-corrected chi connectivity index (χ1v) is 4.19. The lowest BCUT2D eigenvalue weighted by molar-refractivity contribution is -0.384. The molecular formula is C6H5BrN2O3. The highest BCUT2D eigenvalue weighted by molar-refractivity contribution is 9.09. The maximum Gasteiger partial charge on any atom is 0.287 e. The van der Waals surface area contributed by atoms with Crippen LogP contribution < -0.4 is 0 Å². The van der Waals surface area contributed by atoms with Crippen molar-refractivity contribution in [2.45, 2.75) is 0 Å². The van der Waals surface area contributed by atoms with Gasteiger partial charge in [0.1, 0.15) is 0 Å². The Labute approximate surface area is 76.1 Å². The quantitative estimate of drug-likeness (QED) is 0.372. The normalized spacial score (nSPS) is 9.75. The Balaban J connectivity index is 2.91. The van der Waals surface area contributed by atoms with Crippen LogP contribution in [0.4, 0.5) is 5.69 Å². The standard InChI is InChI=1S/C6H5BrN2O3/c7-2-6(10)5-1-4(3-8-5)9(11)12/h1,3,8H,2H2. The number of ketones is 1. The lowest BCUT2D eigenvalue weighted by Gasteiger charge is -1.86. The van der Waals surface area contributed by atoms with Gasteiger partial charge >= 0.3 is 0 Å². The van der Waals surface area contributed by atoms with E-state index >= 15 is 0 Å². The zero-order chi connectivity index (χ0) is 9.14. The van der Waals surface area contributed by atoms with E-state index in [4.69, 9.17) is 0 Å². The van der Waals surface area contributed by atoms with Crippen molar-refractivity contribution in [3.05, 3.63) is 28.1 Å². The SMILES string of the molecule is O=C(CBr)c1cc([N+](=O)[O-])c[nH]1. The molecule has 0 spiro atoms. The van der Waals surface area contributed by atoms with E-state index in [2.05, 4.69) is 20.9 Å². The molecule has 5 nitrogen and oxygen atoms in total. The predicted octanol–water partition coefficient (Wildman–Crippen LogP) is 1.50. The molecule has 0 bridgehead atoms. The fraction of sp³-hybridized carbons (Fsp3) is 0.167. The van der Waals surface area contributed by atoms with Crippen LogP contribution in [0.5, 0.6) is 0 Å². The Bertz CT molecular complexity index is 320. The summed E-state index contributed by atoms with van der Waals surface area (Å²) in [5.74, 6) is -0.205. The highest BCUT2D eigenvalue weighted by Crippen LogP contribution is 2.12. The van der Waals surface area contributed by atoms with Crippen molar-refractivity contribution in [3.63, 3.8) is 0 Å². The zero-order valence-electron chi connectivity index (χ0n) is 5.91. The molecule has 0 aliphatic rings. The summed E-state index contributed by atoms with van der Waals surface area (Å²) in [5, 5.41) is 10.3. The fourth-order valence-electron chi connectivity index (χ4n) is 0.721. The third-order valence-corrected chi connectivity index (χ3v) is 1.81. The molecule has 0 unspecified atom stereocenters. The molecule has 12 heavy (non-hydrogen) atoms. The van der Waals surface area contributed by atoms with Gasteiger partial charge in [0.25, 0.3) is 5.69 Å². The average molecular weight is 233 g/mol. The summed E-state index contributed by atoms with van der Waals surface area (Å²) in [4.78, 5) is 23.1. The van der Waals surface area contributed by atoms with Crippen LogP contribution in [0.3, 0.4) is 0 Å². The number of halogens is 1. The van der Waals surface area contributed by atoms with E-state index in [-0.39, 0.29) is 22.5 Å². The van der Waals surface area contributed by atoms with Crippen molar-refractivity contribution in [1.82, 2.24) is 4.98 Å². The maximum absolute atomic E-state index is 10.9. The van der Waals surface area contributed by atoms with Crippen LogP contribution in [0.1, 0.15) is 10.5 Å². The van der Waals surface area contributed by atoms with E-state index in [9.17, 15) is 14.9 Å². The molecule has 0 saturated heterocycles. The molecule has 0 aliphatic carbocycles. The van der Waals surface area contributed by atoms with Crippen molar-refractivity contribution >= 4 is 27.4 Å². The number of carbonyl (C=O) groups is 1. The third kappa shape index (κ3) is 1.70. The van der Waals surface area contributed by atoms with Gasteiger partial charge in [-0.15, -0.1) is 0 Å². The summed E-state index contributed by atoms with van der Waals surface area (Å²) in [7, 11) is 0. The minimum Gasteiger partial charge on any atom is -0.353 e. The number of aromatic amines is 1. The largest absolute Gasteiger partial charge is 0.353 e. The smallest absolute Gasteiger partial charge is 0.287 e. The molecule has 1 aromatic rings. The van der Waals surface area contributed by atoms with E-state index in [0.29, 0.717) is 0 Å². The Morgan fingerprint density at radius 3 is 2.83 bits per heavy atom. The second-order valence-corrected chi connectivity index (χ2v) is 2.65. The number of nitrogens with one attached hydrogen (secondary N) is 1. The molecule has 6 heteroatoms. The Morgan fingerprint density at radius 1 is 1.75 bits per heavy atom. The van der Waals surface area contributed by atoms with E-state index in [1.807, 2.05) is 0 Å². The summed E-state index contributed by atoms with van der Waals surface area (Å²) in [6.45, 7) is 0. The van der Waals surface area contributed by atoms with Crippen LogP contribution >= 0.6 is 15.9 Å². The van der Waals surface area contributed by atoms with Gasteiger partial charge < -0.3 is 4.98 Å². The number of Topliss-reactive ketones (excluding diaryl/α,β-unsaturated/α-hetero) is 1. The molecule has 0 saturated carbocycles. The molecular weight excluding hydrogens is 228 g/mol. The molecule has 1 rings (SSSR count). The van der Waals surface area contributed by atoms with E-state index in [1.165, 1.54) is 12.3 Å². The molecule has 0 atom stereocenters. The summed E-state index contributed by atoms with van der Waals surface area (Å²) in [6.07, 6.45) is 1.19. The molecule has 64 valence electrons. The number of rotatable bonds is 3. The minimum absolute atomic E-state index is 0.0979. The molecule has 1 N–H and O–H groups in total. The van der Waals surface area contributed by atoms with Gasteiger partial charge in [0.15, 0.2) is 5.78 Å². The first-order chi connectivity index (χ1) is 5.65. The molecule has 0 amide bonds. The molecule has 0 aromatic carbocycles. The molecule has 0 fully saturated rings. The lowest BCUT2D eigenvalue weighted by Crippen LogP contribution is -1.99. The Kier molecular flexibility index (Phi) is 2.59. The van der Waals surface area contributed by atoms with Gasteiger partial charge in [-0.2, -0.15) is 0 Å². The predicted molar refractivity (Wildman–Crippen MR) is 45.6 cm³/mol. The first kappa shape index (κ1) is 8.92. The summed E-state index contributed by atoms with van der Waals surface area (Å²) >= 11 is 2.96. The average Bonchev–Trinajstić information content (AvgIpc) is 2.51. The van der Waals surface area contributed by atoms with Crippen molar-refractivity contribution in [2.24, 2.45) is 0 Å². The number of nitro groups is 1. The second-order valence-electron chi connectivity index (χ2n) is 2.09. The number of hydrogen-bond donors (Lipinski definition) is 1. The monoisotopic (exact) mass is 232 g/mol. The van der Waals surface area contributed by atoms with Gasteiger partial charge in [0, 0.05) is 6.07 Å². The maximum atomic E-state index is 10.9. The van der Waals surface area contributed by atoms with E-state index in [0.717, 1.165) is 0 Å². The van der Waals surface area contributed by atoms with Crippen LogP contribution in [0.15, 0.2) is 12.3 Å². The molecule has 1 heterocycles. The molecule has 0 radical (unpaired) electrons. The molecule has 0 aliphatic heterocycles. The number of aromatic nitrogens is 1. The summed E-state index contributed by atoms with van der Waals surface area (Å²) in [6, 6.07) is 1.21. The number of alkyl halides is 1. The van der Waals surface area contributed by atoms with Crippen molar-refractivity contribution < 1.29 is 9.72 Å². The Morgan fingerprint density at radius 2 is 2.42 bits per heavy atom. The minimum atomic E-state index is -0.554. The van der Waals surface area contributed by atoms with Crippen molar-refractivity contribution in [1.29, 1.82) is 0 Å².